The van der Waals surface area contributed by atoms with Crippen molar-refractivity contribution in [2.75, 3.05) is 11.1 Å². The van der Waals surface area contributed by atoms with Crippen molar-refractivity contribution < 1.29 is 9.53 Å². The number of nitrogens with one attached hydrogen (secondary N) is 1. The van der Waals surface area contributed by atoms with Gasteiger partial charge in [0.25, 0.3) is 0 Å². The fraction of sp³-hybridized carbons (Fsp3) is 0.692. The van der Waals surface area contributed by atoms with Crippen LogP contribution in [-0.2, 0) is 4.79 Å². The monoisotopic (exact) mass is 298 g/mol. The lowest BCUT2D eigenvalue weighted by molar-refractivity contribution is -0.122. The molecule has 0 spiro atoms. The van der Waals surface area contributed by atoms with Crippen LogP contribution in [0, 0.1) is 5.92 Å². The minimum Gasteiger partial charge on any atom is -0.484 e. The summed E-state index contributed by atoms with van der Waals surface area (Å²) < 4.78 is 9.84. The Bertz CT molecular complexity index is 467. The number of carbonyl (C=O) groups excluding carboxylic acids is 1. The van der Waals surface area contributed by atoms with E-state index in [1.165, 1.54) is 11.5 Å². The number of carbonyl (C=O) groups is 1. The molecule has 0 aliphatic heterocycles. The Balaban J connectivity index is 1.96. The van der Waals surface area contributed by atoms with E-state index in [2.05, 4.69) is 9.69 Å². The van der Waals surface area contributed by atoms with Crippen LogP contribution in [0.1, 0.15) is 39.5 Å². The molecule has 0 aromatic carbocycles. The summed E-state index contributed by atoms with van der Waals surface area (Å²) in [5.74, 6) is 0.902. The number of nitrogen functional groups attached to an aromatic ring is 1. The van der Waals surface area contributed by atoms with Crippen molar-refractivity contribution in [1.82, 2.24) is 4.37 Å². The molecule has 7 heteroatoms. The van der Waals surface area contributed by atoms with Crippen LogP contribution in [0.25, 0.3) is 0 Å². The lowest BCUT2D eigenvalue weighted by Crippen LogP contribution is -2.32. The van der Waals surface area contributed by atoms with E-state index in [-0.39, 0.29) is 17.9 Å². The average Bonchev–Trinajstić information content (AvgIpc) is 2.71. The van der Waals surface area contributed by atoms with Crippen LogP contribution in [0.4, 0.5) is 10.8 Å². The van der Waals surface area contributed by atoms with Gasteiger partial charge in [-0.15, -0.1) is 0 Å². The number of amides is 1. The number of nitrogens with two attached hydrogens (primary N) is 2. The highest BCUT2D eigenvalue weighted by atomic mass is 32.1. The number of nitrogens with zero attached hydrogens (tertiary/aromatic N) is 1. The first kappa shape index (κ1) is 14.9. The Morgan fingerprint density at radius 1 is 1.40 bits per heavy atom. The quantitative estimate of drug-likeness (QED) is 0.771. The highest BCUT2D eigenvalue weighted by molar-refractivity contribution is 7.11. The molecule has 0 bridgehead atoms. The molecule has 1 aliphatic rings. The Morgan fingerprint density at radius 3 is 2.60 bits per heavy atom. The van der Waals surface area contributed by atoms with E-state index in [1.807, 2.05) is 13.8 Å². The molecular formula is C13H22N4O2S. The maximum absolute atomic E-state index is 11.2. The van der Waals surface area contributed by atoms with Crippen LogP contribution < -0.4 is 21.5 Å². The van der Waals surface area contributed by atoms with Crippen molar-refractivity contribution in [2.24, 2.45) is 11.7 Å². The van der Waals surface area contributed by atoms with Crippen LogP contribution in [0.3, 0.4) is 0 Å². The smallest absolute Gasteiger partial charge is 0.220 e. The van der Waals surface area contributed by atoms with Gasteiger partial charge in [-0.25, -0.2) is 0 Å². The summed E-state index contributed by atoms with van der Waals surface area (Å²) in [7, 11) is 0. The molecule has 112 valence electrons. The maximum atomic E-state index is 11.2. The van der Waals surface area contributed by atoms with Gasteiger partial charge in [0, 0.05) is 12.0 Å². The van der Waals surface area contributed by atoms with Crippen molar-refractivity contribution in [3.63, 3.8) is 0 Å². The predicted molar refractivity (Wildman–Crippen MR) is 80.9 cm³/mol. The van der Waals surface area contributed by atoms with E-state index < -0.39 is 0 Å². The van der Waals surface area contributed by atoms with E-state index in [0.717, 1.165) is 30.7 Å². The Kier molecular flexibility index (Phi) is 4.69. The minimum absolute atomic E-state index is 0.0194. The number of primary amides is 1. The third-order valence-corrected chi connectivity index (χ3v) is 4.27. The van der Waals surface area contributed by atoms with Crippen molar-refractivity contribution in [1.29, 1.82) is 0 Å². The summed E-state index contributed by atoms with van der Waals surface area (Å²) in [6, 6.07) is 0.319. The lowest BCUT2D eigenvalue weighted by Gasteiger charge is -2.27. The number of rotatable bonds is 5. The molecule has 1 fully saturated rings. The number of anilines is 2. The van der Waals surface area contributed by atoms with Gasteiger partial charge in [-0.3, -0.25) is 4.79 Å². The number of hydrogen-bond acceptors (Lipinski definition) is 6. The molecule has 0 unspecified atom stereocenters. The SMILES string of the molecule is CC(C)Oc1c(N)nsc1NC1CCC(C(N)=O)CC1. The number of ether oxygens (including phenoxy) is 1. The van der Waals surface area contributed by atoms with Crippen molar-refractivity contribution >= 4 is 28.3 Å². The third kappa shape index (κ3) is 3.53. The molecule has 2 rings (SSSR count). The molecule has 0 radical (unpaired) electrons. The topological polar surface area (TPSA) is 103 Å². The Morgan fingerprint density at radius 2 is 2.05 bits per heavy atom. The van der Waals surface area contributed by atoms with Gasteiger partial charge in [0.05, 0.1) is 6.10 Å². The van der Waals surface area contributed by atoms with Gasteiger partial charge in [-0.2, -0.15) is 4.37 Å². The van der Waals surface area contributed by atoms with Gasteiger partial charge in [-0.1, -0.05) is 0 Å². The van der Waals surface area contributed by atoms with E-state index in [1.54, 1.807) is 0 Å². The number of aromatic nitrogens is 1. The first-order valence-electron chi connectivity index (χ1n) is 6.95. The average molecular weight is 298 g/mol. The first-order chi connectivity index (χ1) is 9.47. The molecule has 20 heavy (non-hydrogen) atoms. The van der Waals surface area contributed by atoms with Gasteiger partial charge >= 0.3 is 0 Å². The zero-order valence-electron chi connectivity index (χ0n) is 11.9. The summed E-state index contributed by atoms with van der Waals surface area (Å²) in [5.41, 5.74) is 11.2. The van der Waals surface area contributed by atoms with E-state index >= 15 is 0 Å². The highest BCUT2D eigenvalue weighted by Crippen LogP contribution is 2.38. The Labute approximate surface area is 123 Å². The molecule has 5 N–H and O–H groups in total. The normalized spacial score (nSPS) is 22.8. The van der Waals surface area contributed by atoms with Crippen LogP contribution in [0.5, 0.6) is 5.75 Å². The molecule has 1 saturated carbocycles. The van der Waals surface area contributed by atoms with Gasteiger partial charge in [0.1, 0.15) is 0 Å². The van der Waals surface area contributed by atoms with Crippen molar-refractivity contribution in [3.8, 4) is 5.75 Å². The van der Waals surface area contributed by atoms with Crippen LogP contribution >= 0.6 is 11.5 Å². The largest absolute Gasteiger partial charge is 0.484 e. The summed E-state index contributed by atoms with van der Waals surface area (Å²) in [5, 5.41) is 4.31. The fourth-order valence-corrected chi connectivity index (χ4v) is 3.17. The molecule has 0 saturated heterocycles. The molecule has 1 aromatic heterocycles. The van der Waals surface area contributed by atoms with E-state index in [0.29, 0.717) is 17.6 Å². The van der Waals surface area contributed by atoms with Gasteiger partial charge < -0.3 is 21.5 Å². The second kappa shape index (κ2) is 6.30. The van der Waals surface area contributed by atoms with Crippen LogP contribution in [0.15, 0.2) is 0 Å². The van der Waals surface area contributed by atoms with E-state index in [4.69, 9.17) is 16.2 Å². The van der Waals surface area contributed by atoms with Crippen molar-refractivity contribution in [2.45, 2.75) is 51.7 Å². The summed E-state index contributed by atoms with van der Waals surface area (Å²) in [6.07, 6.45) is 3.57. The third-order valence-electron chi connectivity index (χ3n) is 3.49. The molecule has 0 atom stereocenters. The standard InChI is InChI=1S/C13H22N4O2S/c1-7(2)19-10-11(14)17-20-13(10)16-9-5-3-8(4-6-9)12(15)18/h7-9,16H,3-6H2,1-2H3,(H2,14,17)(H2,15,18). The zero-order chi connectivity index (χ0) is 14.7. The lowest BCUT2D eigenvalue weighted by atomic mass is 9.86. The molecule has 1 aromatic rings. The molecule has 6 nitrogen and oxygen atoms in total. The second-order valence-corrected chi connectivity index (χ2v) is 6.26. The molecular weight excluding hydrogens is 276 g/mol. The molecule has 1 heterocycles. The zero-order valence-corrected chi connectivity index (χ0v) is 12.7. The summed E-state index contributed by atoms with van der Waals surface area (Å²) in [6.45, 7) is 3.91. The van der Waals surface area contributed by atoms with Gasteiger partial charge in [-0.05, 0) is 51.1 Å². The predicted octanol–water partition coefficient (Wildman–Crippen LogP) is 1.97. The van der Waals surface area contributed by atoms with Crippen LogP contribution in [0.2, 0.25) is 0 Å². The second-order valence-electron chi connectivity index (χ2n) is 5.49. The highest BCUT2D eigenvalue weighted by Gasteiger charge is 2.26. The minimum atomic E-state index is -0.186. The maximum Gasteiger partial charge on any atom is 0.220 e. The molecule has 1 amide bonds. The fourth-order valence-electron chi connectivity index (χ4n) is 2.44. The molecule has 1 aliphatic carbocycles. The van der Waals surface area contributed by atoms with Crippen molar-refractivity contribution in [3.05, 3.63) is 0 Å². The van der Waals surface area contributed by atoms with E-state index in [9.17, 15) is 4.79 Å². The van der Waals surface area contributed by atoms with Gasteiger partial charge in [0.2, 0.25) is 5.91 Å². The Hall–Kier alpha value is -1.50. The summed E-state index contributed by atoms with van der Waals surface area (Å²) >= 11 is 1.32. The first-order valence-corrected chi connectivity index (χ1v) is 7.72. The van der Waals surface area contributed by atoms with Crippen LogP contribution in [-0.4, -0.2) is 22.4 Å². The summed E-state index contributed by atoms with van der Waals surface area (Å²) in [4.78, 5) is 11.2. The number of hydrogen-bond donors (Lipinski definition) is 3. The van der Waals surface area contributed by atoms with Gasteiger partial charge in [0.15, 0.2) is 16.6 Å².